The summed E-state index contributed by atoms with van der Waals surface area (Å²) in [6.45, 7) is 1.98. The highest BCUT2D eigenvalue weighted by Crippen LogP contribution is 2.28. The van der Waals surface area contributed by atoms with Gasteiger partial charge in [-0.05, 0) is 36.5 Å². The van der Waals surface area contributed by atoms with Crippen molar-refractivity contribution in [3.8, 4) is 0 Å². The molecule has 2 rings (SSSR count). The van der Waals surface area contributed by atoms with E-state index in [0.29, 0.717) is 24.6 Å². The van der Waals surface area contributed by atoms with E-state index in [-0.39, 0.29) is 5.91 Å². The van der Waals surface area contributed by atoms with Crippen LogP contribution in [0.3, 0.4) is 0 Å². The summed E-state index contributed by atoms with van der Waals surface area (Å²) in [5, 5.41) is 2.83. The summed E-state index contributed by atoms with van der Waals surface area (Å²) in [4.78, 5) is 11.8. The van der Waals surface area contributed by atoms with E-state index in [4.69, 9.17) is 16.3 Å². The summed E-state index contributed by atoms with van der Waals surface area (Å²) in [5.41, 5.74) is 1.67. The van der Waals surface area contributed by atoms with Gasteiger partial charge in [-0.3, -0.25) is 4.79 Å². The quantitative estimate of drug-likeness (QED) is 0.609. The van der Waals surface area contributed by atoms with E-state index in [2.05, 4.69) is 5.32 Å². The van der Waals surface area contributed by atoms with Gasteiger partial charge in [-0.1, -0.05) is 12.1 Å². The van der Waals surface area contributed by atoms with Gasteiger partial charge in [-0.25, -0.2) is 0 Å². The Balaban J connectivity index is 1.65. The number of benzene rings is 1. The molecule has 0 spiro atoms. The van der Waals surface area contributed by atoms with E-state index in [1.54, 1.807) is 12.1 Å². The molecule has 1 aliphatic carbocycles. The molecule has 1 saturated carbocycles. The van der Waals surface area contributed by atoms with E-state index in [0.717, 1.165) is 18.1 Å². The first-order valence-corrected chi connectivity index (χ1v) is 6.84. The molecule has 0 heterocycles. The number of carbonyl (C=O) groups excluding carboxylic acids is 1. The van der Waals surface area contributed by atoms with Crippen molar-refractivity contribution in [1.29, 1.82) is 0 Å². The number of hydrogen-bond acceptors (Lipinski definition) is 2. The molecule has 0 aromatic heterocycles. The molecule has 0 saturated heterocycles. The number of amides is 1. The van der Waals surface area contributed by atoms with Crippen LogP contribution in [-0.4, -0.2) is 25.7 Å². The Bertz CT molecular complexity index is 387. The second kappa shape index (κ2) is 6.76. The molecule has 1 aliphatic rings. The van der Waals surface area contributed by atoms with Crippen LogP contribution in [0.1, 0.15) is 28.8 Å². The Kier molecular flexibility index (Phi) is 5.02. The summed E-state index contributed by atoms with van der Waals surface area (Å²) in [5.74, 6) is 1.17. The van der Waals surface area contributed by atoms with Crippen LogP contribution in [0.25, 0.3) is 0 Å². The Hall–Kier alpha value is -1.06. The SMILES string of the molecule is O=C(NCCOCC1CC1)c1ccc(CCl)cc1. The first kappa shape index (κ1) is 13.4. The zero-order valence-corrected chi connectivity index (χ0v) is 11.1. The minimum atomic E-state index is -0.0638. The van der Waals surface area contributed by atoms with Crippen molar-refractivity contribution in [2.75, 3.05) is 19.8 Å². The largest absolute Gasteiger partial charge is 0.379 e. The average Bonchev–Trinajstić information content (AvgIpc) is 3.22. The molecule has 0 aliphatic heterocycles. The lowest BCUT2D eigenvalue weighted by Gasteiger charge is -2.06. The van der Waals surface area contributed by atoms with Crippen molar-refractivity contribution in [2.45, 2.75) is 18.7 Å². The third kappa shape index (κ3) is 4.31. The predicted octanol–water partition coefficient (Wildman–Crippen LogP) is 2.58. The van der Waals surface area contributed by atoms with Gasteiger partial charge in [0.25, 0.3) is 5.91 Å². The number of carbonyl (C=O) groups is 1. The Morgan fingerprint density at radius 1 is 1.33 bits per heavy atom. The molecule has 18 heavy (non-hydrogen) atoms. The van der Waals surface area contributed by atoms with Crippen LogP contribution in [0.2, 0.25) is 0 Å². The van der Waals surface area contributed by atoms with Crippen LogP contribution < -0.4 is 5.32 Å². The van der Waals surface area contributed by atoms with Crippen molar-refractivity contribution in [3.63, 3.8) is 0 Å². The van der Waals surface area contributed by atoms with Gasteiger partial charge >= 0.3 is 0 Å². The summed E-state index contributed by atoms with van der Waals surface area (Å²) in [7, 11) is 0. The maximum Gasteiger partial charge on any atom is 0.251 e. The van der Waals surface area contributed by atoms with E-state index < -0.39 is 0 Å². The van der Waals surface area contributed by atoms with Crippen LogP contribution >= 0.6 is 11.6 Å². The number of alkyl halides is 1. The topological polar surface area (TPSA) is 38.3 Å². The van der Waals surface area contributed by atoms with Crippen molar-refractivity contribution in [3.05, 3.63) is 35.4 Å². The second-order valence-electron chi connectivity index (χ2n) is 4.60. The molecular formula is C14H18ClNO2. The Labute approximate surface area is 112 Å². The van der Waals surface area contributed by atoms with Crippen LogP contribution in [0.5, 0.6) is 0 Å². The van der Waals surface area contributed by atoms with Crippen LogP contribution in [0, 0.1) is 5.92 Å². The maximum atomic E-state index is 11.8. The monoisotopic (exact) mass is 267 g/mol. The zero-order chi connectivity index (χ0) is 12.8. The van der Waals surface area contributed by atoms with Gasteiger partial charge in [-0.2, -0.15) is 0 Å². The van der Waals surface area contributed by atoms with E-state index in [1.165, 1.54) is 12.8 Å². The first-order valence-electron chi connectivity index (χ1n) is 6.30. The molecule has 0 bridgehead atoms. The van der Waals surface area contributed by atoms with Crippen molar-refractivity contribution in [2.24, 2.45) is 5.92 Å². The lowest BCUT2D eigenvalue weighted by atomic mass is 10.1. The average molecular weight is 268 g/mol. The fourth-order valence-corrected chi connectivity index (χ4v) is 1.80. The van der Waals surface area contributed by atoms with Gasteiger partial charge < -0.3 is 10.1 Å². The summed E-state index contributed by atoms with van der Waals surface area (Å²) in [6.07, 6.45) is 2.58. The number of halogens is 1. The molecule has 4 heteroatoms. The molecule has 1 N–H and O–H groups in total. The minimum Gasteiger partial charge on any atom is -0.379 e. The highest BCUT2D eigenvalue weighted by Gasteiger charge is 2.20. The lowest BCUT2D eigenvalue weighted by Crippen LogP contribution is -2.27. The molecule has 0 radical (unpaired) electrons. The molecule has 3 nitrogen and oxygen atoms in total. The molecule has 1 aromatic carbocycles. The van der Waals surface area contributed by atoms with Crippen LogP contribution in [0.15, 0.2) is 24.3 Å². The molecule has 1 aromatic rings. The first-order chi connectivity index (χ1) is 8.79. The molecule has 1 fully saturated rings. The van der Waals surface area contributed by atoms with Gasteiger partial charge in [-0.15, -0.1) is 11.6 Å². The maximum absolute atomic E-state index is 11.8. The summed E-state index contributed by atoms with van der Waals surface area (Å²) >= 11 is 5.69. The Morgan fingerprint density at radius 2 is 2.06 bits per heavy atom. The van der Waals surface area contributed by atoms with Crippen molar-refractivity contribution < 1.29 is 9.53 Å². The molecule has 98 valence electrons. The highest BCUT2D eigenvalue weighted by molar-refractivity contribution is 6.17. The molecule has 0 unspecified atom stereocenters. The van der Waals surface area contributed by atoms with Crippen molar-refractivity contribution >= 4 is 17.5 Å². The standard InChI is InChI=1S/C14H18ClNO2/c15-9-11-3-5-13(6-4-11)14(17)16-7-8-18-10-12-1-2-12/h3-6,12H,1-2,7-10H2,(H,16,17). The highest BCUT2D eigenvalue weighted by atomic mass is 35.5. The van der Waals surface area contributed by atoms with Gasteiger partial charge in [0.05, 0.1) is 6.61 Å². The Morgan fingerprint density at radius 3 is 2.67 bits per heavy atom. The summed E-state index contributed by atoms with van der Waals surface area (Å²) < 4.78 is 5.45. The predicted molar refractivity (Wildman–Crippen MR) is 71.9 cm³/mol. The molecular weight excluding hydrogens is 250 g/mol. The second-order valence-corrected chi connectivity index (χ2v) is 4.87. The van der Waals surface area contributed by atoms with Gasteiger partial charge in [0.1, 0.15) is 0 Å². The van der Waals surface area contributed by atoms with Crippen molar-refractivity contribution in [1.82, 2.24) is 5.32 Å². The number of ether oxygens (including phenoxy) is 1. The number of nitrogens with one attached hydrogen (secondary N) is 1. The number of rotatable bonds is 7. The third-order valence-corrected chi connectivity index (χ3v) is 3.26. The fourth-order valence-electron chi connectivity index (χ4n) is 1.62. The van der Waals surface area contributed by atoms with E-state index in [9.17, 15) is 4.79 Å². The van der Waals surface area contributed by atoms with Gasteiger partial charge in [0, 0.05) is 24.6 Å². The van der Waals surface area contributed by atoms with Gasteiger partial charge in [0.2, 0.25) is 0 Å². The third-order valence-electron chi connectivity index (χ3n) is 2.95. The van der Waals surface area contributed by atoms with E-state index in [1.807, 2.05) is 12.1 Å². The van der Waals surface area contributed by atoms with Crippen LogP contribution in [0.4, 0.5) is 0 Å². The summed E-state index contributed by atoms with van der Waals surface area (Å²) in [6, 6.07) is 7.31. The zero-order valence-electron chi connectivity index (χ0n) is 10.3. The van der Waals surface area contributed by atoms with Gasteiger partial charge in [0.15, 0.2) is 0 Å². The molecule has 1 amide bonds. The fraction of sp³-hybridized carbons (Fsp3) is 0.500. The lowest BCUT2D eigenvalue weighted by molar-refractivity contribution is 0.0906. The van der Waals surface area contributed by atoms with E-state index >= 15 is 0 Å². The normalized spacial score (nSPS) is 14.5. The number of hydrogen-bond donors (Lipinski definition) is 1. The smallest absolute Gasteiger partial charge is 0.251 e. The molecule has 0 atom stereocenters. The minimum absolute atomic E-state index is 0.0638. The van der Waals surface area contributed by atoms with Crippen LogP contribution in [-0.2, 0) is 10.6 Å².